The molecule has 0 radical (unpaired) electrons. The molecule has 7 N–H and O–H groups in total. The molecule has 27 heteroatoms. The maximum Gasteiger partial charge on any atom is 0.359 e. The van der Waals surface area contributed by atoms with Crippen molar-refractivity contribution in [2.45, 2.75) is 140 Å². The fraction of sp³-hybridized carbons (Fsp3) is 0.378. The summed E-state index contributed by atoms with van der Waals surface area (Å²) in [5.74, 6) is -13.9. The fourth-order valence-corrected chi connectivity index (χ4v) is 14.5. The molecule has 0 spiro atoms. The summed E-state index contributed by atoms with van der Waals surface area (Å²) in [4.78, 5) is 156. The first-order valence-electron chi connectivity index (χ1n) is 32.9. The van der Waals surface area contributed by atoms with Gasteiger partial charge in [0.25, 0.3) is 11.8 Å². The summed E-state index contributed by atoms with van der Waals surface area (Å²) in [5, 5.41) is 14.2. The highest BCUT2D eigenvalue weighted by Crippen LogP contribution is 2.50. The number of halogens is 2. The zero-order valence-electron chi connectivity index (χ0n) is 58.1. The monoisotopic (exact) mass is 1440 g/mol. The lowest BCUT2D eigenvalue weighted by atomic mass is 9.84. The molecular weight excluding hydrogens is 1360 g/mol. The molecule has 6 heterocycles. The first kappa shape index (κ1) is 74.0. The van der Waals surface area contributed by atoms with Gasteiger partial charge in [-0.25, -0.2) is 4.79 Å². The van der Waals surface area contributed by atoms with Crippen LogP contribution in [-0.2, 0) is 47.6 Å². The molecule has 24 nitrogen and oxygen atoms in total. The van der Waals surface area contributed by atoms with Gasteiger partial charge in [0.15, 0.2) is 37.4 Å². The van der Waals surface area contributed by atoms with Gasteiger partial charge in [-0.2, -0.15) is 0 Å². The lowest BCUT2D eigenvalue weighted by molar-refractivity contribution is -0.172. The molecule has 0 fully saturated rings. The summed E-state index contributed by atoms with van der Waals surface area (Å²) in [6, 6.07) is 17.8. The Hall–Kier alpha value is -9.66. The number of Topliss-reactive ketones (excluding diaryl/α,β-unsaturated/α-hetero) is 2. The van der Waals surface area contributed by atoms with Gasteiger partial charge < -0.3 is 65.3 Å². The highest BCUT2D eigenvalue weighted by molar-refractivity contribution is 6.74. The average molecular weight is 1440 g/mol. The third-order valence-corrected chi connectivity index (χ3v) is 24.2. The summed E-state index contributed by atoms with van der Waals surface area (Å²) < 4.78 is 38.6. The second-order valence-electron chi connectivity index (χ2n) is 27.6. The number of likely N-dealkylation sites (N-methyl/N-ethyl adjacent to an activating group) is 1. The van der Waals surface area contributed by atoms with Crippen LogP contribution in [0.3, 0.4) is 0 Å². The van der Waals surface area contributed by atoms with Crippen LogP contribution in [0.4, 0.5) is 0 Å². The van der Waals surface area contributed by atoms with Gasteiger partial charge in [0, 0.05) is 36.3 Å². The summed E-state index contributed by atoms with van der Waals surface area (Å²) >= 11 is 14.5. The number of nitrogens with two attached hydrogens (primary N) is 1. The van der Waals surface area contributed by atoms with E-state index >= 15 is 28.8 Å². The number of nitrogens with one attached hydrogen (secondary N) is 5. The number of ketones is 2. The van der Waals surface area contributed by atoms with E-state index < -0.39 is 146 Å². The standard InChI is InChI=1S/C74H81Cl2N7O17Si/c1-35(2)24-50(78-8)69(89)82-64-51(84)30-42(33-59(77)86)67(87)80-62-41-31-57(66(96-11)58(32-41)98-55-23-20-40(29-49(55)76)65(64)100-101(12,13)74(5,6)7)97-54-22-18-38(28-48(54)75)37(4)61-70(90)81-63(73(93)99-83-71(91)43-16-14-15-17-44(43)72(83)92)47-25-36(3)26-56(95-10)60(47)46-27-39(19-21-53(46)94-9)45(34-52(62)85)68(88)79-61/h14-23,25-29,31-32,35,37,42,45,50,61-65,78H,24,30,33-34H2,1-13H3,(H2,77,86)(H,79,88)(H,80,87)(H,81,90)(H,82,89)/t37-,42+,45-,50+,61+,62-,63-,64+,65-/m1/s1. The summed E-state index contributed by atoms with van der Waals surface area (Å²) in [6.45, 7) is 17.1. The van der Waals surface area contributed by atoms with Crippen LogP contribution in [0.2, 0.25) is 28.2 Å². The van der Waals surface area contributed by atoms with Gasteiger partial charge in [0.05, 0.1) is 66.5 Å². The van der Waals surface area contributed by atoms with E-state index in [1.165, 1.54) is 100 Å². The van der Waals surface area contributed by atoms with Gasteiger partial charge in [0.1, 0.15) is 41.1 Å². The fourth-order valence-electron chi connectivity index (χ4n) is 12.8. The number of hydroxylamine groups is 2. The Balaban J connectivity index is 1.19. The highest BCUT2D eigenvalue weighted by atomic mass is 35.5. The number of fused-ring (bicyclic) bond motifs is 16. The molecule has 0 saturated heterocycles. The molecule has 0 aromatic heterocycles. The largest absolute Gasteiger partial charge is 0.496 e. The van der Waals surface area contributed by atoms with Gasteiger partial charge in [-0.3, -0.25) is 43.2 Å². The van der Waals surface area contributed by atoms with Crippen LogP contribution in [0.1, 0.15) is 151 Å². The van der Waals surface area contributed by atoms with Crippen molar-refractivity contribution in [1.29, 1.82) is 0 Å². The van der Waals surface area contributed by atoms with Crippen molar-refractivity contribution < 1.29 is 80.9 Å². The predicted octanol–water partition coefficient (Wildman–Crippen LogP) is 10.7. The van der Waals surface area contributed by atoms with Crippen LogP contribution in [0, 0.1) is 18.8 Å². The number of carbonyl (C=O) groups is 10. The zero-order valence-corrected chi connectivity index (χ0v) is 60.6. The van der Waals surface area contributed by atoms with Crippen LogP contribution >= 0.6 is 23.2 Å². The molecule has 532 valence electrons. The summed E-state index contributed by atoms with van der Waals surface area (Å²) in [6.07, 6.45) is -3.24. The minimum Gasteiger partial charge on any atom is -0.496 e. The van der Waals surface area contributed by atoms with Gasteiger partial charge in [-0.05, 0) is 145 Å². The number of benzene rings is 6. The number of primary amides is 1. The van der Waals surface area contributed by atoms with E-state index in [0.29, 0.717) is 28.2 Å². The van der Waals surface area contributed by atoms with Crippen molar-refractivity contribution in [3.63, 3.8) is 0 Å². The summed E-state index contributed by atoms with van der Waals surface area (Å²) in [7, 11) is 2.70. The third kappa shape index (κ3) is 15.3. The van der Waals surface area contributed by atoms with Crippen molar-refractivity contribution in [3.8, 4) is 51.4 Å². The Morgan fingerprint density at radius 3 is 1.86 bits per heavy atom. The second-order valence-corrected chi connectivity index (χ2v) is 33.1. The van der Waals surface area contributed by atoms with Crippen LogP contribution < -0.4 is 56.0 Å². The zero-order chi connectivity index (χ0) is 73.4. The van der Waals surface area contributed by atoms with Crippen molar-refractivity contribution in [1.82, 2.24) is 31.6 Å². The Labute approximate surface area is 595 Å². The smallest absolute Gasteiger partial charge is 0.359 e. The van der Waals surface area contributed by atoms with E-state index in [1.54, 1.807) is 45.2 Å². The highest BCUT2D eigenvalue weighted by Gasteiger charge is 2.47. The Bertz CT molecular complexity index is 4330. The maximum absolute atomic E-state index is 16.3. The normalized spacial score (nSPS) is 21.2. The number of carbonyl (C=O) groups excluding carboxylic acids is 10. The average Bonchev–Trinajstić information content (AvgIpc) is 1.65. The molecule has 7 amide bonds. The summed E-state index contributed by atoms with van der Waals surface area (Å²) in [5.41, 5.74) is 7.35. The van der Waals surface area contributed by atoms with Crippen LogP contribution in [0.15, 0.2) is 103 Å². The SMILES string of the molecule is CN[C@@H](CC(C)C)C(=O)N[C@H]1C(=O)C[C@@H](CC(N)=O)C(=O)N[C@H]2C(=O)C[C@H]3C(=O)N[C@H](C(=O)N[C@@H](C(=O)ON4C(=O)c5ccccc5C4=O)c4cc(C)cc(OC)c4-c4cc3ccc4OC)[C@H](C)c3ccc(c(Cl)c3)Oc3cc2cc(c3OC)Oc2ccc(cc2Cl)[C@H]1O[Si](C)(C)C(C)(C)C. The number of hydrogen-bond acceptors (Lipinski definition) is 18. The van der Waals surface area contributed by atoms with Crippen molar-refractivity contribution in [2.24, 2.45) is 17.6 Å². The molecule has 6 aliphatic rings. The number of amides is 7. The van der Waals surface area contributed by atoms with E-state index in [-0.39, 0.29) is 95.2 Å². The van der Waals surface area contributed by atoms with Gasteiger partial charge in [-0.15, -0.1) is 0 Å². The number of rotatable bonds is 14. The van der Waals surface area contributed by atoms with Crippen LogP contribution in [0.25, 0.3) is 11.1 Å². The van der Waals surface area contributed by atoms with E-state index in [1.807, 2.05) is 47.7 Å². The van der Waals surface area contributed by atoms with E-state index in [2.05, 4.69) is 26.6 Å². The number of methoxy groups -OCH3 is 3. The molecule has 0 aliphatic carbocycles. The van der Waals surface area contributed by atoms with E-state index in [9.17, 15) is 19.2 Å². The second kappa shape index (κ2) is 29.9. The van der Waals surface area contributed by atoms with Gasteiger partial charge in [0.2, 0.25) is 35.3 Å². The molecule has 0 saturated carbocycles. The quantitative estimate of drug-likeness (QED) is 0.0436. The third-order valence-electron chi connectivity index (χ3n) is 19.2. The number of hydrogen-bond donors (Lipinski definition) is 6. The molecule has 101 heavy (non-hydrogen) atoms. The molecule has 11 bridgehead atoms. The molecule has 6 aromatic carbocycles. The van der Waals surface area contributed by atoms with Gasteiger partial charge in [-0.1, -0.05) is 106 Å². The number of ether oxygens (including phenoxy) is 5. The predicted molar refractivity (Wildman–Crippen MR) is 375 cm³/mol. The van der Waals surface area contributed by atoms with Crippen molar-refractivity contribution in [3.05, 3.63) is 158 Å². The van der Waals surface area contributed by atoms with Crippen LogP contribution in [0.5, 0.6) is 40.2 Å². The molecule has 6 aromatic rings. The van der Waals surface area contributed by atoms with Gasteiger partial charge >= 0.3 is 5.97 Å². The molecule has 6 aliphatic heterocycles. The lowest BCUT2D eigenvalue weighted by Crippen LogP contribution is -2.55. The molecule has 0 unspecified atom stereocenters. The van der Waals surface area contributed by atoms with E-state index in [4.69, 9.17) is 61.9 Å². The Morgan fingerprint density at radius 2 is 1.30 bits per heavy atom. The minimum absolute atomic E-state index is 0.00818. The van der Waals surface area contributed by atoms with Crippen molar-refractivity contribution in [2.75, 3.05) is 28.4 Å². The number of nitrogens with zero attached hydrogens (tertiary/aromatic N) is 1. The van der Waals surface area contributed by atoms with Crippen molar-refractivity contribution >= 4 is 90.4 Å². The number of imide groups is 1. The van der Waals surface area contributed by atoms with Crippen LogP contribution in [-0.4, -0.2) is 119 Å². The number of aryl methyl sites for hydroxylation is 1. The molecular formula is C74H81Cl2N7O17Si. The molecule has 12 rings (SSSR count). The Kier molecular flexibility index (Phi) is 21.9. The Morgan fingerprint density at radius 1 is 0.693 bits per heavy atom. The lowest BCUT2D eigenvalue weighted by Gasteiger charge is -2.42. The first-order chi connectivity index (χ1) is 47.8. The topological polar surface area (TPSA) is 325 Å². The molecule has 9 atom stereocenters. The van der Waals surface area contributed by atoms with E-state index in [0.717, 1.165) is 0 Å². The first-order valence-corrected chi connectivity index (χ1v) is 36.6. The minimum atomic E-state index is -2.97. The maximum atomic E-state index is 16.3.